The van der Waals surface area contributed by atoms with Crippen molar-refractivity contribution in [3.05, 3.63) is 57.9 Å². The van der Waals surface area contributed by atoms with Crippen LogP contribution < -0.4 is 20.1 Å². The van der Waals surface area contributed by atoms with Crippen molar-refractivity contribution in [2.24, 2.45) is 0 Å². The molecule has 0 fully saturated rings. The monoisotopic (exact) mass is 505 g/mol. The lowest BCUT2D eigenvalue weighted by Gasteiger charge is -2.08. The molecule has 9 heteroatoms. The normalized spacial score (nSPS) is 10.4. The molecule has 0 saturated heterocycles. The van der Waals surface area contributed by atoms with Crippen LogP contribution in [0.2, 0.25) is 0 Å². The van der Waals surface area contributed by atoms with Crippen molar-refractivity contribution in [2.75, 3.05) is 19.0 Å². The molecule has 1 amide bonds. The molecule has 1 aromatic heterocycles. The summed E-state index contributed by atoms with van der Waals surface area (Å²) in [5, 5.41) is 8.30. The van der Waals surface area contributed by atoms with Crippen LogP contribution in [0.15, 0.2) is 52.3 Å². The third-order valence-corrected chi connectivity index (χ3v) is 5.57. The van der Waals surface area contributed by atoms with Crippen molar-refractivity contribution in [3.63, 3.8) is 0 Å². The van der Waals surface area contributed by atoms with E-state index in [-0.39, 0.29) is 11.0 Å². The Morgan fingerprint density at radius 2 is 2.00 bits per heavy atom. The molecule has 0 spiro atoms. The summed E-state index contributed by atoms with van der Waals surface area (Å²) in [6.45, 7) is 2.68. The SMILES string of the molecule is CCCOc1ccc(C(=O)NC(=S)Nc2nc(-c3ccc(OC)c(Br)c3)cs2)cc1. The van der Waals surface area contributed by atoms with E-state index in [1.807, 2.05) is 30.5 Å². The van der Waals surface area contributed by atoms with E-state index < -0.39 is 0 Å². The zero-order chi connectivity index (χ0) is 21.5. The topological polar surface area (TPSA) is 72.5 Å². The number of methoxy groups -OCH3 is 1. The van der Waals surface area contributed by atoms with Crippen LogP contribution in [0.3, 0.4) is 0 Å². The number of carbonyl (C=O) groups is 1. The second-order valence-corrected chi connectivity index (χ2v) is 8.29. The Hall–Kier alpha value is -2.49. The number of nitrogens with zero attached hydrogens (tertiary/aromatic N) is 1. The van der Waals surface area contributed by atoms with Gasteiger partial charge in [-0.15, -0.1) is 11.3 Å². The van der Waals surface area contributed by atoms with Crippen LogP contribution >= 0.6 is 39.5 Å². The van der Waals surface area contributed by atoms with Crippen molar-refractivity contribution < 1.29 is 14.3 Å². The van der Waals surface area contributed by atoms with E-state index in [0.717, 1.165) is 33.6 Å². The molecule has 2 N–H and O–H groups in total. The molecule has 0 atom stereocenters. The average molecular weight is 506 g/mol. The lowest BCUT2D eigenvalue weighted by Crippen LogP contribution is -2.34. The van der Waals surface area contributed by atoms with Crippen LogP contribution in [0.4, 0.5) is 5.13 Å². The molecule has 3 rings (SSSR count). The average Bonchev–Trinajstić information content (AvgIpc) is 3.20. The fourth-order valence-corrected chi connectivity index (χ4v) is 4.03. The van der Waals surface area contributed by atoms with Gasteiger partial charge in [-0.05, 0) is 77.0 Å². The second kappa shape index (κ2) is 10.5. The van der Waals surface area contributed by atoms with Crippen LogP contribution in [0, 0.1) is 0 Å². The first-order valence-electron chi connectivity index (χ1n) is 9.14. The molecule has 6 nitrogen and oxygen atoms in total. The van der Waals surface area contributed by atoms with Crippen LogP contribution in [0.25, 0.3) is 11.3 Å². The van der Waals surface area contributed by atoms with Crippen molar-refractivity contribution in [3.8, 4) is 22.8 Å². The van der Waals surface area contributed by atoms with Crippen LogP contribution in [-0.2, 0) is 0 Å². The maximum Gasteiger partial charge on any atom is 0.257 e. The summed E-state index contributed by atoms with van der Waals surface area (Å²) >= 11 is 10.1. The summed E-state index contributed by atoms with van der Waals surface area (Å²) < 4.78 is 11.6. The Morgan fingerprint density at radius 3 is 2.67 bits per heavy atom. The van der Waals surface area contributed by atoms with Gasteiger partial charge in [0.15, 0.2) is 10.2 Å². The summed E-state index contributed by atoms with van der Waals surface area (Å²) in [4.78, 5) is 16.9. The van der Waals surface area contributed by atoms with Crippen molar-refractivity contribution >= 4 is 55.6 Å². The van der Waals surface area contributed by atoms with E-state index >= 15 is 0 Å². The van der Waals surface area contributed by atoms with Gasteiger partial charge in [0.25, 0.3) is 5.91 Å². The Morgan fingerprint density at radius 1 is 1.23 bits per heavy atom. The van der Waals surface area contributed by atoms with Crippen molar-refractivity contribution in [2.45, 2.75) is 13.3 Å². The van der Waals surface area contributed by atoms with Gasteiger partial charge in [0, 0.05) is 16.5 Å². The molecular formula is C21H20BrN3O3S2. The first kappa shape index (κ1) is 22.2. The standard InChI is InChI=1S/C21H20BrN3O3S2/c1-3-10-28-15-7-4-13(5-8-15)19(26)24-20(29)25-21-23-17(12-30-21)14-6-9-18(27-2)16(22)11-14/h4-9,11-12H,3,10H2,1-2H3,(H2,23,24,25,26,29). The fourth-order valence-electron chi connectivity index (χ4n) is 2.52. The van der Waals surface area contributed by atoms with E-state index in [1.54, 1.807) is 31.4 Å². The molecule has 0 unspecified atom stereocenters. The minimum Gasteiger partial charge on any atom is -0.496 e. The molecule has 1 heterocycles. The molecule has 30 heavy (non-hydrogen) atoms. The van der Waals surface area contributed by atoms with Gasteiger partial charge in [0.05, 0.1) is 23.9 Å². The highest BCUT2D eigenvalue weighted by molar-refractivity contribution is 9.10. The summed E-state index contributed by atoms with van der Waals surface area (Å²) in [5.41, 5.74) is 2.22. The van der Waals surface area contributed by atoms with Gasteiger partial charge in [-0.2, -0.15) is 0 Å². The van der Waals surface area contributed by atoms with Crippen LogP contribution in [0.1, 0.15) is 23.7 Å². The maximum atomic E-state index is 12.4. The number of benzene rings is 2. The number of hydrogen-bond acceptors (Lipinski definition) is 6. The van der Waals surface area contributed by atoms with E-state index in [1.165, 1.54) is 11.3 Å². The van der Waals surface area contributed by atoms with Crippen molar-refractivity contribution in [1.82, 2.24) is 10.3 Å². The number of anilines is 1. The summed E-state index contributed by atoms with van der Waals surface area (Å²) in [6.07, 6.45) is 0.927. The summed E-state index contributed by atoms with van der Waals surface area (Å²) in [5.74, 6) is 1.18. The highest BCUT2D eigenvalue weighted by atomic mass is 79.9. The van der Waals surface area contributed by atoms with Crippen LogP contribution in [0.5, 0.6) is 11.5 Å². The van der Waals surface area contributed by atoms with E-state index in [0.29, 0.717) is 17.3 Å². The molecule has 2 aromatic carbocycles. The highest BCUT2D eigenvalue weighted by Crippen LogP contribution is 2.32. The lowest BCUT2D eigenvalue weighted by atomic mass is 10.2. The molecule has 0 radical (unpaired) electrons. The fraction of sp³-hybridized carbons (Fsp3) is 0.190. The zero-order valence-corrected chi connectivity index (χ0v) is 19.6. The quantitative estimate of drug-likeness (QED) is 0.413. The molecule has 0 aliphatic heterocycles. The Kier molecular flexibility index (Phi) is 7.78. The minimum atomic E-state index is -0.301. The van der Waals surface area contributed by atoms with Gasteiger partial charge in [0.2, 0.25) is 0 Å². The first-order chi connectivity index (χ1) is 14.5. The number of hydrogen-bond donors (Lipinski definition) is 2. The number of nitrogens with one attached hydrogen (secondary N) is 2. The van der Waals surface area contributed by atoms with Crippen LogP contribution in [-0.4, -0.2) is 29.7 Å². The third-order valence-electron chi connectivity index (χ3n) is 3.99. The maximum absolute atomic E-state index is 12.4. The largest absolute Gasteiger partial charge is 0.496 e. The molecule has 0 aliphatic carbocycles. The third kappa shape index (κ3) is 5.78. The zero-order valence-electron chi connectivity index (χ0n) is 16.4. The number of carbonyl (C=O) groups excluding carboxylic acids is 1. The number of thiocarbonyl (C=S) groups is 1. The molecule has 3 aromatic rings. The highest BCUT2D eigenvalue weighted by Gasteiger charge is 2.11. The summed E-state index contributed by atoms with van der Waals surface area (Å²) in [6, 6.07) is 12.7. The number of ether oxygens (including phenoxy) is 2. The molecular weight excluding hydrogens is 486 g/mol. The molecule has 0 bridgehead atoms. The van der Waals surface area contributed by atoms with E-state index in [4.69, 9.17) is 21.7 Å². The Bertz CT molecular complexity index is 1040. The van der Waals surface area contributed by atoms with Gasteiger partial charge < -0.3 is 14.8 Å². The lowest BCUT2D eigenvalue weighted by molar-refractivity contribution is 0.0977. The number of amides is 1. The van der Waals surface area contributed by atoms with Gasteiger partial charge in [0.1, 0.15) is 11.5 Å². The first-order valence-corrected chi connectivity index (χ1v) is 11.2. The van der Waals surface area contributed by atoms with Gasteiger partial charge in [-0.1, -0.05) is 6.92 Å². The molecule has 156 valence electrons. The Balaban J connectivity index is 1.58. The molecule has 0 saturated carbocycles. The van der Waals surface area contributed by atoms with Gasteiger partial charge in [-0.3, -0.25) is 10.1 Å². The predicted octanol–water partition coefficient (Wildman–Crippen LogP) is 5.50. The van der Waals surface area contributed by atoms with E-state index in [9.17, 15) is 4.79 Å². The second-order valence-electron chi connectivity index (χ2n) is 6.17. The summed E-state index contributed by atoms with van der Waals surface area (Å²) in [7, 11) is 1.62. The van der Waals surface area contributed by atoms with Gasteiger partial charge >= 0.3 is 0 Å². The van der Waals surface area contributed by atoms with Gasteiger partial charge in [-0.25, -0.2) is 4.98 Å². The predicted molar refractivity (Wildman–Crippen MR) is 128 cm³/mol. The smallest absolute Gasteiger partial charge is 0.257 e. The Labute approximate surface area is 192 Å². The number of thiazole rings is 1. The number of aromatic nitrogens is 1. The number of rotatable bonds is 7. The molecule has 0 aliphatic rings. The number of halogens is 1. The minimum absolute atomic E-state index is 0.183. The van der Waals surface area contributed by atoms with Crippen molar-refractivity contribution in [1.29, 1.82) is 0 Å². The van der Waals surface area contributed by atoms with E-state index in [2.05, 4.69) is 31.5 Å².